The molecular formula is C16H19NO4. The molecule has 112 valence electrons. The van der Waals surface area contributed by atoms with Crippen molar-refractivity contribution in [2.45, 2.75) is 19.4 Å². The van der Waals surface area contributed by atoms with Crippen LogP contribution >= 0.6 is 0 Å². The van der Waals surface area contributed by atoms with Crippen LogP contribution in [0.2, 0.25) is 0 Å². The molecule has 0 saturated heterocycles. The van der Waals surface area contributed by atoms with Crippen molar-refractivity contribution in [2.75, 3.05) is 13.2 Å². The van der Waals surface area contributed by atoms with Gasteiger partial charge in [-0.1, -0.05) is 6.07 Å². The predicted octanol–water partition coefficient (Wildman–Crippen LogP) is 2.71. The molecule has 0 aliphatic rings. The zero-order valence-corrected chi connectivity index (χ0v) is 12.1. The smallest absolute Gasteiger partial charge is 0.166 e. The molecular weight excluding hydrogens is 270 g/mol. The van der Waals surface area contributed by atoms with Gasteiger partial charge in [-0.25, -0.2) is 0 Å². The lowest BCUT2D eigenvalue weighted by Gasteiger charge is -2.17. The molecule has 1 atom stereocenters. The zero-order chi connectivity index (χ0) is 15.3. The van der Waals surface area contributed by atoms with Crippen molar-refractivity contribution >= 4 is 6.21 Å². The largest absolute Gasteiger partial charge is 0.504 e. The third kappa shape index (κ3) is 3.64. The summed E-state index contributed by atoms with van der Waals surface area (Å²) in [6.45, 7) is 4.07. The summed E-state index contributed by atoms with van der Waals surface area (Å²) in [5.41, 5.74) is -0.649. The summed E-state index contributed by atoms with van der Waals surface area (Å²) in [5.74, 6) is 0.909. The molecule has 5 heteroatoms. The second-order valence-electron chi connectivity index (χ2n) is 4.85. The summed E-state index contributed by atoms with van der Waals surface area (Å²) >= 11 is 0. The number of nitrogens with zero attached hydrogens (tertiary/aromatic N) is 1. The van der Waals surface area contributed by atoms with Crippen molar-refractivity contribution < 1.29 is 19.4 Å². The Hall–Kier alpha value is -2.27. The lowest BCUT2D eigenvalue weighted by molar-refractivity contribution is 0.0439. The Bertz CT molecular complexity index is 603. The van der Waals surface area contributed by atoms with E-state index in [1.54, 1.807) is 37.3 Å². The van der Waals surface area contributed by atoms with Crippen molar-refractivity contribution in [3.63, 3.8) is 0 Å². The summed E-state index contributed by atoms with van der Waals surface area (Å²) in [4.78, 5) is 4.18. The van der Waals surface area contributed by atoms with Gasteiger partial charge in [-0.05, 0) is 38.1 Å². The number of aliphatic imine (C=N–C) groups is 1. The number of furan rings is 1. The van der Waals surface area contributed by atoms with Crippen LogP contribution in [-0.4, -0.2) is 29.6 Å². The second-order valence-corrected chi connectivity index (χ2v) is 4.85. The van der Waals surface area contributed by atoms with Crippen LogP contribution in [0.15, 0.2) is 46.0 Å². The van der Waals surface area contributed by atoms with Gasteiger partial charge in [0, 0.05) is 11.8 Å². The van der Waals surface area contributed by atoms with Crippen molar-refractivity contribution in [3.8, 4) is 11.5 Å². The molecule has 0 aliphatic heterocycles. The Kier molecular flexibility index (Phi) is 4.65. The first-order valence-electron chi connectivity index (χ1n) is 6.75. The SMILES string of the molecule is CCOc1cccc(C=NCC(C)(O)c2ccco2)c1O. The minimum absolute atomic E-state index is 0.0424. The number of hydrogen-bond donors (Lipinski definition) is 2. The maximum atomic E-state index is 10.3. The highest BCUT2D eigenvalue weighted by molar-refractivity contribution is 5.84. The average Bonchev–Trinajstić information content (AvgIpc) is 2.98. The van der Waals surface area contributed by atoms with Crippen molar-refractivity contribution in [3.05, 3.63) is 47.9 Å². The van der Waals surface area contributed by atoms with Crippen LogP contribution in [0.4, 0.5) is 0 Å². The standard InChI is InChI=1S/C16H19NO4/c1-3-20-13-7-4-6-12(15(13)18)10-17-11-16(2,19)14-8-5-9-21-14/h4-10,18-19H,3,11H2,1-2H3. The summed E-state index contributed by atoms with van der Waals surface area (Å²) in [6.07, 6.45) is 3.01. The third-order valence-corrected chi connectivity index (χ3v) is 3.01. The number of hydrogen-bond acceptors (Lipinski definition) is 5. The molecule has 0 bridgehead atoms. The first kappa shape index (κ1) is 15.1. The molecule has 21 heavy (non-hydrogen) atoms. The summed E-state index contributed by atoms with van der Waals surface area (Å²) in [6, 6.07) is 8.60. The molecule has 1 aromatic carbocycles. The first-order valence-corrected chi connectivity index (χ1v) is 6.75. The number of benzene rings is 1. The number of phenolic OH excluding ortho intramolecular Hbond substituents is 1. The highest BCUT2D eigenvalue weighted by atomic mass is 16.5. The molecule has 2 rings (SSSR count). The van der Waals surface area contributed by atoms with Crippen LogP contribution < -0.4 is 4.74 Å². The van der Waals surface area contributed by atoms with Gasteiger partial charge in [0.1, 0.15) is 11.4 Å². The van der Waals surface area contributed by atoms with E-state index >= 15 is 0 Å². The van der Waals surface area contributed by atoms with Crippen LogP contribution in [0, 0.1) is 0 Å². The van der Waals surface area contributed by atoms with E-state index in [-0.39, 0.29) is 12.3 Å². The summed E-state index contributed by atoms with van der Waals surface area (Å²) < 4.78 is 10.5. The Labute approximate surface area is 123 Å². The minimum atomic E-state index is -1.19. The molecule has 0 spiro atoms. The van der Waals surface area contributed by atoms with E-state index in [2.05, 4.69) is 4.99 Å². The van der Waals surface area contributed by atoms with Gasteiger partial charge in [0.05, 0.1) is 19.4 Å². The van der Waals surface area contributed by atoms with Crippen LogP contribution in [0.25, 0.3) is 0 Å². The summed E-state index contributed by atoms with van der Waals surface area (Å²) in [7, 11) is 0. The van der Waals surface area contributed by atoms with E-state index in [9.17, 15) is 10.2 Å². The van der Waals surface area contributed by atoms with E-state index < -0.39 is 5.60 Å². The number of aliphatic hydroxyl groups is 1. The highest BCUT2D eigenvalue weighted by Gasteiger charge is 2.25. The first-order chi connectivity index (χ1) is 10.0. The molecule has 0 radical (unpaired) electrons. The second kappa shape index (κ2) is 6.45. The molecule has 1 heterocycles. The maximum Gasteiger partial charge on any atom is 0.166 e. The molecule has 0 amide bonds. The normalized spacial score (nSPS) is 14.2. The average molecular weight is 289 g/mol. The molecule has 5 nitrogen and oxygen atoms in total. The number of ether oxygens (including phenoxy) is 1. The fraction of sp³-hybridized carbons (Fsp3) is 0.312. The highest BCUT2D eigenvalue weighted by Crippen LogP contribution is 2.29. The van der Waals surface area contributed by atoms with Crippen LogP contribution in [0.1, 0.15) is 25.2 Å². The Morgan fingerprint density at radius 1 is 1.33 bits per heavy atom. The number of phenols is 1. The van der Waals surface area contributed by atoms with Gasteiger partial charge in [0.15, 0.2) is 11.5 Å². The molecule has 0 aliphatic carbocycles. The Morgan fingerprint density at radius 2 is 2.14 bits per heavy atom. The van der Waals surface area contributed by atoms with Crippen molar-refractivity contribution in [1.29, 1.82) is 0 Å². The van der Waals surface area contributed by atoms with Crippen LogP contribution in [0.5, 0.6) is 11.5 Å². The van der Waals surface area contributed by atoms with Gasteiger partial charge in [-0.2, -0.15) is 0 Å². The third-order valence-electron chi connectivity index (χ3n) is 3.01. The predicted molar refractivity (Wildman–Crippen MR) is 80.0 cm³/mol. The fourth-order valence-electron chi connectivity index (χ4n) is 1.90. The van der Waals surface area contributed by atoms with Gasteiger partial charge in [-0.3, -0.25) is 4.99 Å². The van der Waals surface area contributed by atoms with Gasteiger partial charge >= 0.3 is 0 Å². The molecule has 2 N–H and O–H groups in total. The molecule has 0 fully saturated rings. The summed E-state index contributed by atoms with van der Waals surface area (Å²) in [5, 5.41) is 20.3. The van der Waals surface area contributed by atoms with Crippen LogP contribution in [0.3, 0.4) is 0 Å². The molecule has 2 aromatic rings. The van der Waals surface area contributed by atoms with E-state index in [1.807, 2.05) is 6.92 Å². The van der Waals surface area contributed by atoms with E-state index in [0.29, 0.717) is 23.7 Å². The Balaban J connectivity index is 2.10. The molecule has 0 saturated carbocycles. The maximum absolute atomic E-state index is 10.3. The zero-order valence-electron chi connectivity index (χ0n) is 12.1. The number of aromatic hydroxyl groups is 1. The number of rotatable bonds is 6. The van der Waals surface area contributed by atoms with Crippen molar-refractivity contribution in [1.82, 2.24) is 0 Å². The molecule has 1 aromatic heterocycles. The monoisotopic (exact) mass is 289 g/mol. The van der Waals surface area contributed by atoms with Crippen LogP contribution in [-0.2, 0) is 5.60 Å². The fourth-order valence-corrected chi connectivity index (χ4v) is 1.90. The van der Waals surface area contributed by atoms with E-state index in [1.165, 1.54) is 12.5 Å². The number of para-hydroxylation sites is 1. The van der Waals surface area contributed by atoms with E-state index in [4.69, 9.17) is 9.15 Å². The molecule has 1 unspecified atom stereocenters. The van der Waals surface area contributed by atoms with Crippen molar-refractivity contribution in [2.24, 2.45) is 4.99 Å². The lowest BCUT2D eigenvalue weighted by Crippen LogP contribution is -2.24. The lowest BCUT2D eigenvalue weighted by atomic mass is 10.0. The van der Waals surface area contributed by atoms with E-state index in [0.717, 1.165) is 0 Å². The van der Waals surface area contributed by atoms with Gasteiger partial charge in [0.2, 0.25) is 0 Å². The van der Waals surface area contributed by atoms with Gasteiger partial charge in [0.25, 0.3) is 0 Å². The minimum Gasteiger partial charge on any atom is -0.504 e. The topological polar surface area (TPSA) is 75.2 Å². The van der Waals surface area contributed by atoms with Gasteiger partial charge < -0.3 is 19.4 Å². The Morgan fingerprint density at radius 3 is 2.81 bits per heavy atom. The quantitative estimate of drug-likeness (QED) is 0.802. The van der Waals surface area contributed by atoms with Gasteiger partial charge in [-0.15, -0.1) is 0 Å².